The van der Waals surface area contributed by atoms with Crippen molar-refractivity contribution in [3.63, 3.8) is 0 Å². The predicted octanol–water partition coefficient (Wildman–Crippen LogP) is 0.791. The molecule has 0 bridgehead atoms. The van der Waals surface area contributed by atoms with E-state index >= 15 is 0 Å². The van der Waals surface area contributed by atoms with Crippen LogP contribution in [0.3, 0.4) is 0 Å². The Balaban J connectivity index is 2.12. The second kappa shape index (κ2) is 4.18. The van der Waals surface area contributed by atoms with Gasteiger partial charge in [-0.15, -0.1) is 0 Å². The van der Waals surface area contributed by atoms with E-state index in [1.54, 1.807) is 0 Å². The third kappa shape index (κ3) is 3.11. The lowest BCUT2D eigenvalue weighted by molar-refractivity contribution is -0.205. The van der Waals surface area contributed by atoms with E-state index in [0.29, 0.717) is 13.2 Å². The Morgan fingerprint density at radius 3 is 2.11 bits per heavy atom. The van der Waals surface area contributed by atoms with E-state index in [0.717, 1.165) is 19.3 Å². The molecule has 0 N–H and O–H groups in total. The Labute approximate surface area is 56.0 Å². The van der Waals surface area contributed by atoms with Gasteiger partial charge in [-0.2, -0.15) is 0 Å². The molecule has 0 saturated carbocycles. The zero-order chi connectivity index (χ0) is 6.53. The van der Waals surface area contributed by atoms with E-state index in [1.807, 2.05) is 0 Å². The largest absolute Gasteiger partial charge is 0.786 e. The molecule has 1 aliphatic rings. The molecular formula is C5H10O3P-. The highest BCUT2D eigenvalue weighted by molar-refractivity contribution is 7.39. The lowest BCUT2D eigenvalue weighted by Gasteiger charge is -2.23. The smallest absolute Gasteiger partial charge is 0.0828 e. The Kier molecular flexibility index (Phi) is 3.44. The minimum absolute atomic E-state index is 0.579. The molecule has 4 heteroatoms. The van der Waals surface area contributed by atoms with Gasteiger partial charge in [-0.3, -0.25) is 0 Å². The standard InChI is InChI=1S/C5H10O3P/c6-9-7-4-2-1-3-5-8-9/h1-5H2/q-1. The second-order valence-corrected chi connectivity index (χ2v) is 2.91. The average molecular weight is 149 g/mol. The summed E-state index contributed by atoms with van der Waals surface area (Å²) in [6.07, 6.45) is 3.12. The van der Waals surface area contributed by atoms with Crippen molar-refractivity contribution < 1.29 is 13.9 Å². The molecular weight excluding hydrogens is 139 g/mol. The fraction of sp³-hybridized carbons (Fsp3) is 1.00. The Hall–Kier alpha value is 0.310. The third-order valence-corrected chi connectivity index (χ3v) is 1.97. The molecule has 3 nitrogen and oxygen atoms in total. The summed E-state index contributed by atoms with van der Waals surface area (Å²) in [5, 5.41) is 0. The minimum Gasteiger partial charge on any atom is -0.786 e. The van der Waals surface area contributed by atoms with Crippen LogP contribution in [0.1, 0.15) is 19.3 Å². The maximum Gasteiger partial charge on any atom is 0.0828 e. The van der Waals surface area contributed by atoms with Crippen molar-refractivity contribution in [2.75, 3.05) is 13.2 Å². The van der Waals surface area contributed by atoms with Gasteiger partial charge in [0, 0.05) is 0 Å². The van der Waals surface area contributed by atoms with Crippen molar-refractivity contribution in [3.8, 4) is 0 Å². The summed E-state index contributed by atoms with van der Waals surface area (Å²) in [4.78, 5) is 10.5. The molecule has 0 aromatic carbocycles. The molecule has 54 valence electrons. The SMILES string of the molecule is [O-]P1OCCCCCO1. The third-order valence-electron chi connectivity index (χ3n) is 1.18. The van der Waals surface area contributed by atoms with Gasteiger partial charge in [-0.25, -0.2) is 0 Å². The first-order valence-electron chi connectivity index (χ1n) is 3.13. The van der Waals surface area contributed by atoms with Gasteiger partial charge in [0.2, 0.25) is 0 Å². The van der Waals surface area contributed by atoms with Gasteiger partial charge in [-0.05, 0) is 19.3 Å². The quantitative estimate of drug-likeness (QED) is 0.478. The van der Waals surface area contributed by atoms with Crippen LogP contribution in [0.4, 0.5) is 0 Å². The highest BCUT2D eigenvalue weighted by Gasteiger charge is 1.99. The summed E-state index contributed by atoms with van der Waals surface area (Å²) >= 11 is 0. The normalized spacial score (nSPS) is 25.0. The van der Waals surface area contributed by atoms with Crippen molar-refractivity contribution in [1.82, 2.24) is 0 Å². The summed E-state index contributed by atoms with van der Waals surface area (Å²) in [7, 11) is -1.79. The fourth-order valence-electron chi connectivity index (χ4n) is 0.696. The molecule has 1 saturated heterocycles. The van der Waals surface area contributed by atoms with E-state index in [2.05, 4.69) is 0 Å². The fourth-order valence-corrected chi connectivity index (χ4v) is 1.33. The molecule has 0 unspecified atom stereocenters. The molecule has 1 aliphatic heterocycles. The van der Waals surface area contributed by atoms with Gasteiger partial charge in [0.1, 0.15) is 0 Å². The van der Waals surface area contributed by atoms with Crippen molar-refractivity contribution in [3.05, 3.63) is 0 Å². The maximum absolute atomic E-state index is 10.5. The first-order chi connectivity index (χ1) is 4.39. The van der Waals surface area contributed by atoms with Crippen LogP contribution in [0.15, 0.2) is 0 Å². The van der Waals surface area contributed by atoms with Crippen LogP contribution >= 0.6 is 8.60 Å². The van der Waals surface area contributed by atoms with Crippen LogP contribution in [0, 0.1) is 0 Å². The van der Waals surface area contributed by atoms with Crippen LogP contribution in [0.25, 0.3) is 0 Å². The topological polar surface area (TPSA) is 41.5 Å². The van der Waals surface area contributed by atoms with Crippen molar-refractivity contribution in [1.29, 1.82) is 0 Å². The van der Waals surface area contributed by atoms with Crippen LogP contribution < -0.4 is 4.89 Å². The molecule has 0 spiro atoms. The first-order valence-corrected chi connectivity index (χ1v) is 4.22. The van der Waals surface area contributed by atoms with E-state index in [-0.39, 0.29) is 0 Å². The highest BCUT2D eigenvalue weighted by Crippen LogP contribution is 2.29. The number of hydrogen-bond acceptors (Lipinski definition) is 3. The monoisotopic (exact) mass is 149 g/mol. The van der Waals surface area contributed by atoms with Gasteiger partial charge in [0.25, 0.3) is 0 Å². The first kappa shape index (κ1) is 7.42. The maximum atomic E-state index is 10.5. The molecule has 0 radical (unpaired) electrons. The molecule has 0 aromatic heterocycles. The Morgan fingerprint density at radius 1 is 1.00 bits per heavy atom. The van der Waals surface area contributed by atoms with Gasteiger partial charge >= 0.3 is 0 Å². The lowest BCUT2D eigenvalue weighted by Crippen LogP contribution is -2.07. The molecule has 0 amide bonds. The van der Waals surface area contributed by atoms with Gasteiger partial charge in [0.15, 0.2) is 0 Å². The highest BCUT2D eigenvalue weighted by atomic mass is 31.2. The molecule has 9 heavy (non-hydrogen) atoms. The van der Waals surface area contributed by atoms with E-state index in [9.17, 15) is 4.89 Å². The van der Waals surface area contributed by atoms with Gasteiger partial charge in [0.05, 0.1) is 21.8 Å². The van der Waals surface area contributed by atoms with Crippen molar-refractivity contribution in [2.24, 2.45) is 0 Å². The van der Waals surface area contributed by atoms with E-state index in [4.69, 9.17) is 9.05 Å². The summed E-state index contributed by atoms with van der Waals surface area (Å²) in [5.74, 6) is 0. The number of hydrogen-bond donors (Lipinski definition) is 0. The van der Waals surface area contributed by atoms with E-state index in [1.165, 1.54) is 0 Å². The zero-order valence-corrected chi connectivity index (χ0v) is 6.10. The van der Waals surface area contributed by atoms with Crippen LogP contribution in [0.5, 0.6) is 0 Å². The lowest BCUT2D eigenvalue weighted by atomic mass is 10.2. The predicted molar refractivity (Wildman–Crippen MR) is 32.7 cm³/mol. The molecule has 1 rings (SSSR count). The summed E-state index contributed by atoms with van der Waals surface area (Å²) < 4.78 is 9.54. The van der Waals surface area contributed by atoms with Crippen LogP contribution in [-0.4, -0.2) is 13.2 Å². The molecule has 1 fully saturated rings. The Bertz CT molecular complexity index is 70.6. The number of rotatable bonds is 0. The van der Waals surface area contributed by atoms with Gasteiger partial charge < -0.3 is 13.9 Å². The minimum atomic E-state index is -1.79. The summed E-state index contributed by atoms with van der Waals surface area (Å²) in [6.45, 7) is 1.16. The molecule has 0 atom stereocenters. The van der Waals surface area contributed by atoms with E-state index < -0.39 is 8.60 Å². The zero-order valence-electron chi connectivity index (χ0n) is 5.21. The summed E-state index contributed by atoms with van der Waals surface area (Å²) in [5.41, 5.74) is 0. The Morgan fingerprint density at radius 2 is 1.56 bits per heavy atom. The van der Waals surface area contributed by atoms with Gasteiger partial charge in [-0.1, -0.05) is 0 Å². The molecule has 0 aliphatic carbocycles. The van der Waals surface area contributed by atoms with Crippen LogP contribution in [0.2, 0.25) is 0 Å². The second-order valence-electron chi connectivity index (χ2n) is 1.95. The van der Waals surface area contributed by atoms with Crippen molar-refractivity contribution >= 4 is 8.60 Å². The average Bonchev–Trinajstić information content (AvgIpc) is 1.79. The summed E-state index contributed by atoms with van der Waals surface area (Å²) in [6, 6.07) is 0. The molecule has 0 aromatic rings. The van der Waals surface area contributed by atoms with Crippen LogP contribution in [-0.2, 0) is 9.05 Å². The molecule has 1 heterocycles. The van der Waals surface area contributed by atoms with Crippen molar-refractivity contribution in [2.45, 2.75) is 19.3 Å².